The average Bonchev–Trinajstić information content (AvgIpc) is 2.03. The lowest BCUT2D eigenvalue weighted by Crippen LogP contribution is -2.25. The molecule has 12 heavy (non-hydrogen) atoms. The molecule has 1 saturated carbocycles. The molecule has 0 bridgehead atoms. The Morgan fingerprint density at radius 3 is 2.33 bits per heavy atom. The van der Waals surface area contributed by atoms with Crippen LogP contribution in [0, 0.1) is 5.92 Å². The Morgan fingerprint density at radius 1 is 1.25 bits per heavy atom. The third-order valence-electron chi connectivity index (χ3n) is 2.31. The molecule has 1 N–H and O–H groups in total. The molecule has 0 radical (unpaired) electrons. The van der Waals surface area contributed by atoms with E-state index in [4.69, 9.17) is 4.74 Å². The van der Waals surface area contributed by atoms with Crippen LogP contribution in [0.3, 0.4) is 0 Å². The fourth-order valence-electron chi connectivity index (χ4n) is 1.54. The Balaban J connectivity index is 2.09. The van der Waals surface area contributed by atoms with Gasteiger partial charge in [0.25, 0.3) is 0 Å². The Bertz CT molecular complexity index is 115. The van der Waals surface area contributed by atoms with Gasteiger partial charge in [-0.3, -0.25) is 0 Å². The predicted molar refractivity (Wildman–Crippen MR) is 49.1 cm³/mol. The van der Waals surface area contributed by atoms with Crippen LogP contribution in [0.5, 0.6) is 0 Å². The van der Waals surface area contributed by atoms with Crippen molar-refractivity contribution in [3.63, 3.8) is 0 Å². The highest BCUT2D eigenvalue weighted by Gasteiger charge is 2.19. The maximum Gasteiger partial charge on any atom is 0.0577 e. The maximum absolute atomic E-state index is 9.25. The van der Waals surface area contributed by atoms with E-state index in [1.54, 1.807) is 0 Å². The van der Waals surface area contributed by atoms with Crippen LogP contribution in [0.15, 0.2) is 0 Å². The van der Waals surface area contributed by atoms with Gasteiger partial charge in [0, 0.05) is 6.61 Å². The van der Waals surface area contributed by atoms with Gasteiger partial charge in [-0.25, -0.2) is 0 Å². The zero-order valence-electron chi connectivity index (χ0n) is 8.12. The van der Waals surface area contributed by atoms with E-state index in [1.807, 2.05) is 0 Å². The van der Waals surface area contributed by atoms with Crippen LogP contribution in [0.4, 0.5) is 0 Å². The molecule has 1 aliphatic rings. The smallest absolute Gasteiger partial charge is 0.0577 e. The third-order valence-corrected chi connectivity index (χ3v) is 2.31. The highest BCUT2D eigenvalue weighted by molar-refractivity contribution is 4.71. The number of aliphatic hydroxyl groups is 1. The summed E-state index contributed by atoms with van der Waals surface area (Å²) in [6.45, 7) is 5.19. The summed E-state index contributed by atoms with van der Waals surface area (Å²) in [4.78, 5) is 0. The summed E-state index contributed by atoms with van der Waals surface area (Å²) in [6.07, 6.45) is 4.26. The van der Waals surface area contributed by atoms with Gasteiger partial charge < -0.3 is 9.84 Å². The zero-order valence-corrected chi connectivity index (χ0v) is 8.12. The van der Waals surface area contributed by atoms with Crippen molar-refractivity contribution < 1.29 is 9.84 Å². The average molecular weight is 172 g/mol. The summed E-state index contributed by atoms with van der Waals surface area (Å²) in [6, 6.07) is 0. The summed E-state index contributed by atoms with van der Waals surface area (Å²) in [5.41, 5.74) is 0. The van der Waals surface area contributed by atoms with Gasteiger partial charge in [-0.1, -0.05) is 13.8 Å². The lowest BCUT2D eigenvalue weighted by atomic mass is 9.95. The minimum absolute atomic E-state index is 0.0658. The van der Waals surface area contributed by atoms with E-state index in [0.717, 1.165) is 32.3 Å². The second-order valence-electron chi connectivity index (χ2n) is 4.16. The van der Waals surface area contributed by atoms with Crippen molar-refractivity contribution in [1.82, 2.24) is 0 Å². The zero-order chi connectivity index (χ0) is 8.97. The molecule has 0 aliphatic heterocycles. The van der Waals surface area contributed by atoms with Crippen LogP contribution >= 0.6 is 0 Å². The number of hydrogen-bond acceptors (Lipinski definition) is 2. The maximum atomic E-state index is 9.25. The number of aliphatic hydroxyl groups excluding tert-OH is 1. The number of ether oxygens (including phenoxy) is 1. The predicted octanol–water partition coefficient (Wildman–Crippen LogP) is 1.96. The molecule has 0 amide bonds. The van der Waals surface area contributed by atoms with Gasteiger partial charge in [-0.15, -0.1) is 0 Å². The molecule has 0 heterocycles. The number of hydrogen-bond donors (Lipinski definition) is 1. The largest absolute Gasteiger partial charge is 0.393 e. The van der Waals surface area contributed by atoms with E-state index in [0.29, 0.717) is 12.0 Å². The van der Waals surface area contributed by atoms with Gasteiger partial charge in [0.2, 0.25) is 0 Å². The quantitative estimate of drug-likeness (QED) is 0.705. The molecule has 0 spiro atoms. The van der Waals surface area contributed by atoms with E-state index in [-0.39, 0.29) is 6.10 Å². The first kappa shape index (κ1) is 10.0. The van der Waals surface area contributed by atoms with Crippen LogP contribution in [-0.2, 0) is 4.74 Å². The molecular formula is C10H20O2. The monoisotopic (exact) mass is 172 g/mol. The van der Waals surface area contributed by atoms with Crippen LogP contribution in [-0.4, -0.2) is 23.9 Å². The molecule has 0 unspecified atom stereocenters. The molecule has 1 fully saturated rings. The van der Waals surface area contributed by atoms with E-state index in [2.05, 4.69) is 13.8 Å². The molecule has 72 valence electrons. The van der Waals surface area contributed by atoms with Crippen molar-refractivity contribution in [1.29, 1.82) is 0 Å². The molecule has 0 atom stereocenters. The highest BCUT2D eigenvalue weighted by Crippen LogP contribution is 2.21. The van der Waals surface area contributed by atoms with Crippen LogP contribution < -0.4 is 0 Å². The molecule has 0 aromatic carbocycles. The van der Waals surface area contributed by atoms with Crippen molar-refractivity contribution in [3.8, 4) is 0 Å². The van der Waals surface area contributed by atoms with Crippen molar-refractivity contribution >= 4 is 0 Å². The Labute approximate surface area is 74.9 Å². The van der Waals surface area contributed by atoms with Crippen LogP contribution in [0.2, 0.25) is 0 Å². The van der Waals surface area contributed by atoms with Crippen molar-refractivity contribution in [2.75, 3.05) is 6.61 Å². The fraction of sp³-hybridized carbons (Fsp3) is 1.00. The second kappa shape index (κ2) is 4.83. The minimum Gasteiger partial charge on any atom is -0.393 e. The molecule has 1 rings (SSSR count). The summed E-state index contributed by atoms with van der Waals surface area (Å²) in [7, 11) is 0. The van der Waals surface area contributed by atoms with E-state index in [1.165, 1.54) is 0 Å². The topological polar surface area (TPSA) is 29.5 Å². The second-order valence-corrected chi connectivity index (χ2v) is 4.16. The first-order valence-electron chi connectivity index (χ1n) is 4.98. The Kier molecular flexibility index (Phi) is 4.02. The molecule has 2 heteroatoms. The third kappa shape index (κ3) is 3.55. The van der Waals surface area contributed by atoms with E-state index < -0.39 is 0 Å². The molecule has 0 aromatic rings. The van der Waals surface area contributed by atoms with Gasteiger partial charge >= 0.3 is 0 Å². The van der Waals surface area contributed by atoms with E-state index >= 15 is 0 Å². The first-order chi connectivity index (χ1) is 5.68. The normalized spacial score (nSPS) is 31.0. The van der Waals surface area contributed by atoms with Gasteiger partial charge in [-0.2, -0.15) is 0 Å². The standard InChI is InChI=1S/C10H20O2/c1-8(2)7-12-10-5-3-9(11)4-6-10/h8-11H,3-7H2,1-2H3. The van der Waals surface area contributed by atoms with Crippen LogP contribution in [0.25, 0.3) is 0 Å². The Hall–Kier alpha value is -0.0800. The van der Waals surface area contributed by atoms with Gasteiger partial charge in [0.05, 0.1) is 12.2 Å². The van der Waals surface area contributed by atoms with Crippen molar-refractivity contribution in [2.24, 2.45) is 5.92 Å². The molecule has 1 aliphatic carbocycles. The molecular weight excluding hydrogens is 152 g/mol. The number of rotatable bonds is 3. The lowest BCUT2D eigenvalue weighted by molar-refractivity contribution is -0.0133. The lowest BCUT2D eigenvalue weighted by Gasteiger charge is -2.26. The molecule has 2 nitrogen and oxygen atoms in total. The van der Waals surface area contributed by atoms with Crippen LogP contribution in [0.1, 0.15) is 39.5 Å². The summed E-state index contributed by atoms with van der Waals surface area (Å²) in [5, 5.41) is 9.25. The summed E-state index contributed by atoms with van der Waals surface area (Å²) >= 11 is 0. The Morgan fingerprint density at radius 2 is 1.83 bits per heavy atom. The summed E-state index contributed by atoms with van der Waals surface area (Å²) in [5.74, 6) is 0.622. The van der Waals surface area contributed by atoms with E-state index in [9.17, 15) is 5.11 Å². The summed E-state index contributed by atoms with van der Waals surface area (Å²) < 4.78 is 5.68. The molecule has 0 saturated heterocycles. The van der Waals surface area contributed by atoms with Gasteiger partial charge in [0.15, 0.2) is 0 Å². The van der Waals surface area contributed by atoms with Gasteiger partial charge in [-0.05, 0) is 31.6 Å². The van der Waals surface area contributed by atoms with Crippen molar-refractivity contribution in [3.05, 3.63) is 0 Å². The minimum atomic E-state index is -0.0658. The van der Waals surface area contributed by atoms with Gasteiger partial charge in [0.1, 0.15) is 0 Å². The van der Waals surface area contributed by atoms with Crippen molar-refractivity contribution in [2.45, 2.75) is 51.7 Å². The fourth-order valence-corrected chi connectivity index (χ4v) is 1.54. The molecule has 0 aromatic heterocycles. The highest BCUT2D eigenvalue weighted by atomic mass is 16.5. The first-order valence-corrected chi connectivity index (χ1v) is 4.98. The SMILES string of the molecule is CC(C)COC1CCC(O)CC1.